The molecule has 0 amide bonds. The van der Waals surface area contributed by atoms with Gasteiger partial charge >= 0.3 is 39.5 Å². The maximum Gasteiger partial charge on any atom is 0.472 e. The Bertz CT molecular complexity index is 1860. The second-order valence-corrected chi connectivity index (χ2v) is 29.3. The predicted molar refractivity (Wildman–Crippen MR) is 363 cm³/mol. The molecule has 3 unspecified atom stereocenters. The largest absolute Gasteiger partial charge is 0.472 e. The number of aliphatic hydroxyl groups is 1. The summed E-state index contributed by atoms with van der Waals surface area (Å²) in [5.41, 5.74) is 0. The average molecular weight is 1320 g/mol. The maximum absolute atomic E-state index is 13.0. The minimum Gasteiger partial charge on any atom is -0.462 e. The molecule has 0 aromatic carbocycles. The first-order valence-corrected chi connectivity index (χ1v) is 39.2. The second-order valence-electron chi connectivity index (χ2n) is 26.4. The first-order valence-electron chi connectivity index (χ1n) is 36.2. The Morgan fingerprint density at radius 1 is 0.344 bits per heavy atom. The van der Waals surface area contributed by atoms with Crippen molar-refractivity contribution in [3.63, 3.8) is 0 Å². The number of phosphoric ester groups is 2. The van der Waals surface area contributed by atoms with Crippen molar-refractivity contribution in [3.05, 3.63) is 24.3 Å². The fourth-order valence-electron chi connectivity index (χ4n) is 10.2. The zero-order valence-electron chi connectivity index (χ0n) is 58.1. The fraction of sp³-hybridized carbons (Fsp3) is 0.887. The van der Waals surface area contributed by atoms with E-state index >= 15 is 0 Å². The van der Waals surface area contributed by atoms with Crippen LogP contribution in [-0.4, -0.2) is 96.7 Å². The SMILES string of the molecule is CCCCCC/C=C\C=C/CCCCCCCC(=O)O[C@H](COC(=O)CCCCCCCCCCCCC(C)C)COP(=O)(O)OCC(O)COP(=O)(O)OC[C@@H](COC(=O)CCCCCCCCCC(C)C)OC(=O)CCCCCCCCCCCC(C)C. The molecular formula is C71H134O17P2. The van der Waals surface area contributed by atoms with Crippen LogP contribution in [0.4, 0.5) is 0 Å². The molecule has 0 aliphatic carbocycles. The van der Waals surface area contributed by atoms with Crippen LogP contribution in [0.25, 0.3) is 0 Å². The third kappa shape index (κ3) is 64.3. The van der Waals surface area contributed by atoms with Crippen molar-refractivity contribution in [1.29, 1.82) is 0 Å². The molecule has 0 fully saturated rings. The highest BCUT2D eigenvalue weighted by atomic mass is 31.2. The van der Waals surface area contributed by atoms with Crippen molar-refractivity contribution >= 4 is 39.5 Å². The summed E-state index contributed by atoms with van der Waals surface area (Å²) in [5.74, 6) is 0.0369. The van der Waals surface area contributed by atoms with Gasteiger partial charge in [0.2, 0.25) is 0 Å². The summed E-state index contributed by atoms with van der Waals surface area (Å²) in [4.78, 5) is 72.5. The van der Waals surface area contributed by atoms with Crippen LogP contribution < -0.4 is 0 Å². The van der Waals surface area contributed by atoms with E-state index in [9.17, 15) is 43.2 Å². The number of carbonyl (C=O) groups is 4. The maximum atomic E-state index is 13.0. The van der Waals surface area contributed by atoms with Gasteiger partial charge in [-0.3, -0.25) is 37.3 Å². The number of hydrogen-bond acceptors (Lipinski definition) is 15. The van der Waals surface area contributed by atoms with E-state index in [2.05, 4.69) is 72.8 Å². The van der Waals surface area contributed by atoms with Gasteiger partial charge in [0, 0.05) is 25.7 Å². The van der Waals surface area contributed by atoms with Crippen LogP contribution >= 0.6 is 15.6 Å². The van der Waals surface area contributed by atoms with Crippen molar-refractivity contribution in [2.45, 2.75) is 349 Å². The third-order valence-electron chi connectivity index (χ3n) is 15.8. The summed E-state index contributed by atoms with van der Waals surface area (Å²) in [6.45, 7) is 11.7. The number of carbonyl (C=O) groups excluding carboxylic acids is 4. The lowest BCUT2D eigenvalue weighted by Gasteiger charge is -2.21. The molecule has 0 rings (SSSR count). The standard InChI is InChI=1S/C71H134O17P2/c1-8-9-10-11-12-13-14-15-16-17-18-25-32-40-47-54-70(75)87-66(58-81-68(73)52-45-38-31-24-20-19-22-28-35-42-49-62(2)3)60-85-89(77,78)83-56-65(72)57-84-90(79,80)86-61-67(59-82-69(74)53-46-39-34-27-30-37-44-51-64(6)7)88-71(76)55-48-41-33-26-21-23-29-36-43-50-63(4)5/h13-16,62-67,72H,8-12,17-61H2,1-7H3,(H,77,78)(H,79,80)/b14-13-,16-15-/t65?,66-,67-/m1/s1. The van der Waals surface area contributed by atoms with E-state index in [-0.39, 0.29) is 25.7 Å². The first-order chi connectivity index (χ1) is 43.2. The van der Waals surface area contributed by atoms with Crippen molar-refractivity contribution in [3.8, 4) is 0 Å². The van der Waals surface area contributed by atoms with Crippen molar-refractivity contribution < 1.29 is 80.2 Å². The molecule has 19 heteroatoms. The minimum atomic E-state index is -4.96. The molecule has 0 saturated heterocycles. The van der Waals surface area contributed by atoms with Gasteiger partial charge in [0.1, 0.15) is 19.3 Å². The van der Waals surface area contributed by atoms with Crippen LogP contribution in [-0.2, 0) is 65.4 Å². The number of allylic oxidation sites excluding steroid dienone is 4. The zero-order chi connectivity index (χ0) is 66.6. The molecule has 0 saturated carbocycles. The highest BCUT2D eigenvalue weighted by Gasteiger charge is 2.30. The van der Waals surface area contributed by atoms with Gasteiger partial charge in [0.25, 0.3) is 0 Å². The van der Waals surface area contributed by atoms with Crippen LogP contribution in [0.3, 0.4) is 0 Å². The Balaban J connectivity index is 5.30. The van der Waals surface area contributed by atoms with Crippen molar-refractivity contribution in [1.82, 2.24) is 0 Å². The van der Waals surface area contributed by atoms with E-state index in [0.717, 1.165) is 121 Å². The molecule has 90 heavy (non-hydrogen) atoms. The van der Waals surface area contributed by atoms with Crippen LogP contribution in [0.15, 0.2) is 24.3 Å². The highest BCUT2D eigenvalue weighted by Crippen LogP contribution is 2.45. The minimum absolute atomic E-state index is 0.0842. The fourth-order valence-corrected chi connectivity index (χ4v) is 11.8. The molecule has 5 atom stereocenters. The van der Waals surface area contributed by atoms with E-state index in [0.29, 0.717) is 31.6 Å². The highest BCUT2D eigenvalue weighted by molar-refractivity contribution is 7.47. The van der Waals surface area contributed by atoms with E-state index in [1.165, 1.54) is 122 Å². The summed E-state index contributed by atoms with van der Waals surface area (Å²) in [7, 11) is -9.92. The number of esters is 4. The molecule has 3 N–H and O–H groups in total. The molecule has 0 radical (unpaired) electrons. The normalized spacial score (nSPS) is 14.4. The lowest BCUT2D eigenvalue weighted by Crippen LogP contribution is -2.30. The first kappa shape index (κ1) is 87.5. The predicted octanol–water partition coefficient (Wildman–Crippen LogP) is 19.8. The van der Waals surface area contributed by atoms with Crippen molar-refractivity contribution in [2.75, 3.05) is 39.6 Å². The molecular weight excluding hydrogens is 1190 g/mol. The Hall–Kier alpha value is -2.46. The number of phosphoric acid groups is 2. The van der Waals surface area contributed by atoms with Gasteiger partial charge in [-0.25, -0.2) is 9.13 Å². The van der Waals surface area contributed by atoms with E-state index < -0.39 is 97.5 Å². The van der Waals surface area contributed by atoms with Crippen LogP contribution in [0, 0.1) is 17.8 Å². The van der Waals surface area contributed by atoms with Gasteiger partial charge in [-0.15, -0.1) is 0 Å². The molecule has 0 spiro atoms. The van der Waals surface area contributed by atoms with Crippen LogP contribution in [0.2, 0.25) is 0 Å². The number of rotatable bonds is 67. The number of ether oxygens (including phenoxy) is 4. The monoisotopic (exact) mass is 1320 g/mol. The average Bonchev–Trinajstić information content (AvgIpc) is 2.83. The van der Waals surface area contributed by atoms with Gasteiger partial charge in [0.05, 0.1) is 26.4 Å². The summed E-state index contributed by atoms with van der Waals surface area (Å²) < 4.78 is 68.3. The lowest BCUT2D eigenvalue weighted by atomic mass is 10.0. The molecule has 17 nitrogen and oxygen atoms in total. The van der Waals surface area contributed by atoms with Crippen LogP contribution in [0.1, 0.15) is 331 Å². The van der Waals surface area contributed by atoms with Gasteiger partial charge in [0.15, 0.2) is 12.2 Å². The zero-order valence-corrected chi connectivity index (χ0v) is 59.9. The Morgan fingerprint density at radius 2 is 0.600 bits per heavy atom. The third-order valence-corrected chi connectivity index (χ3v) is 17.7. The quantitative estimate of drug-likeness (QED) is 0.0169. The molecule has 0 aliphatic rings. The molecule has 0 aromatic rings. The summed E-state index contributed by atoms with van der Waals surface area (Å²) >= 11 is 0. The molecule has 0 bridgehead atoms. The second kappa shape index (κ2) is 61.4. The van der Waals surface area contributed by atoms with Crippen LogP contribution in [0.5, 0.6) is 0 Å². The van der Waals surface area contributed by atoms with Crippen molar-refractivity contribution in [2.24, 2.45) is 17.8 Å². The van der Waals surface area contributed by atoms with E-state index in [1.807, 2.05) is 0 Å². The number of aliphatic hydroxyl groups excluding tert-OH is 1. The van der Waals surface area contributed by atoms with Gasteiger partial charge < -0.3 is 33.8 Å². The van der Waals surface area contributed by atoms with Gasteiger partial charge in [-0.05, 0) is 69.1 Å². The Morgan fingerprint density at radius 3 is 0.900 bits per heavy atom. The summed E-state index contributed by atoms with van der Waals surface area (Å²) in [5, 5.41) is 10.6. The smallest absolute Gasteiger partial charge is 0.462 e. The molecule has 530 valence electrons. The molecule has 0 aliphatic heterocycles. The number of hydrogen-bond donors (Lipinski definition) is 3. The number of unbranched alkanes of at least 4 members (excludes halogenated alkanes) is 32. The van der Waals surface area contributed by atoms with Gasteiger partial charge in [-0.1, -0.05) is 278 Å². The summed E-state index contributed by atoms with van der Waals surface area (Å²) in [6.07, 6.45) is 48.1. The molecule has 0 aromatic heterocycles. The lowest BCUT2D eigenvalue weighted by molar-refractivity contribution is -0.161. The topological polar surface area (TPSA) is 237 Å². The summed E-state index contributed by atoms with van der Waals surface area (Å²) in [6, 6.07) is 0. The van der Waals surface area contributed by atoms with E-state index in [1.54, 1.807) is 0 Å². The Kier molecular flexibility index (Phi) is 59.7. The van der Waals surface area contributed by atoms with Gasteiger partial charge in [-0.2, -0.15) is 0 Å². The van der Waals surface area contributed by atoms with E-state index in [4.69, 9.17) is 37.0 Å². The molecule has 0 heterocycles. The Labute approximate surface area is 548 Å².